The van der Waals surface area contributed by atoms with Gasteiger partial charge < -0.3 is 62.8 Å². The van der Waals surface area contributed by atoms with E-state index >= 15 is 0 Å². The highest BCUT2D eigenvalue weighted by atomic mass is 16.4. The van der Waals surface area contributed by atoms with Crippen LogP contribution in [-0.4, -0.2) is 157 Å². The van der Waals surface area contributed by atoms with E-state index in [9.17, 15) is 78.0 Å². The smallest absolute Gasteiger partial charge is 0.326 e. The summed E-state index contributed by atoms with van der Waals surface area (Å²) in [5.41, 5.74) is 5.15. The van der Waals surface area contributed by atoms with Crippen LogP contribution in [0.5, 0.6) is 0 Å². The fourth-order valence-corrected chi connectivity index (χ4v) is 9.36. The molecule has 470 valence electrons. The Balaban J connectivity index is 2.46. The first-order chi connectivity index (χ1) is 39.4. The van der Waals surface area contributed by atoms with Crippen molar-refractivity contribution < 1.29 is 83.1 Å². The maximum atomic E-state index is 13.3. The summed E-state index contributed by atoms with van der Waals surface area (Å²) < 4.78 is 0. The third kappa shape index (κ3) is 36.0. The van der Waals surface area contributed by atoms with Gasteiger partial charge >= 0.3 is 17.9 Å². The molecule has 0 aliphatic carbocycles. The number of unbranched alkanes of at least 4 members (excludes halogenated alkanes) is 14. The number of aliphatic carboxylic acids is 3. The summed E-state index contributed by atoms with van der Waals surface area (Å²) in [5.74, 6) is -10.4. The lowest BCUT2D eigenvalue weighted by molar-refractivity contribution is -0.145. The second-order valence-corrected chi connectivity index (χ2v) is 22.3. The number of nitrogens with one attached hydrogen (secondary N) is 6. The molecule has 1 aromatic rings. The van der Waals surface area contributed by atoms with Gasteiger partial charge in [-0.05, 0) is 58.3 Å². The number of carbonyl (C=O) groups excluding carboxylic acids is 9. The molecule has 25 nitrogen and oxygen atoms in total. The summed E-state index contributed by atoms with van der Waals surface area (Å²) in [7, 11) is 0. The van der Waals surface area contributed by atoms with Gasteiger partial charge in [0.1, 0.15) is 35.5 Å². The number of aryl methyl sites for hydroxylation is 1. The number of hydrogen-bond acceptors (Lipinski definition) is 16. The van der Waals surface area contributed by atoms with Gasteiger partial charge in [-0.25, -0.2) is 9.78 Å². The van der Waals surface area contributed by atoms with E-state index in [1.165, 1.54) is 38.9 Å². The average Bonchev–Trinajstić information content (AvgIpc) is 3.96. The van der Waals surface area contributed by atoms with Crippen LogP contribution >= 0.6 is 0 Å². The predicted molar refractivity (Wildman–Crippen MR) is 305 cm³/mol. The molecule has 0 aliphatic rings. The molecule has 5 amide bonds. The Morgan fingerprint density at radius 2 is 1.16 bits per heavy atom. The van der Waals surface area contributed by atoms with Crippen LogP contribution in [0.25, 0.3) is 0 Å². The zero-order chi connectivity index (χ0) is 62.2. The molecule has 1 rings (SSSR count). The molecule has 1 unspecified atom stereocenters. The Morgan fingerprint density at radius 3 is 1.67 bits per heavy atom. The number of H-pyrrole nitrogens is 1. The number of imidazole rings is 1. The van der Waals surface area contributed by atoms with Crippen LogP contribution in [0.4, 0.5) is 0 Å². The molecule has 0 fully saturated rings. The molecule has 0 saturated heterocycles. The van der Waals surface area contributed by atoms with Crippen molar-refractivity contribution in [3.8, 4) is 0 Å². The molecule has 83 heavy (non-hydrogen) atoms. The SMILES string of the molecule is CC(O)[C@H](NC(=O)[C@H](CCCCNC(=O)CNCC(=O)[C@H](CO)NC(=O)CC[C@H](NC(=O)CC[C@H](CC(=O)CCCCCCCCCCCCCCCCC(=O)O)C(=O)O)C(=O)O)CCC(=O)C(C)(C)CC(=O)CCc1cnc[nH]1)C(N)=O. The van der Waals surface area contributed by atoms with Crippen LogP contribution in [0.2, 0.25) is 0 Å². The Bertz CT molecular complexity index is 2190. The van der Waals surface area contributed by atoms with Gasteiger partial charge in [-0.15, -0.1) is 0 Å². The lowest BCUT2D eigenvalue weighted by Gasteiger charge is -2.25. The molecule has 6 atom stereocenters. The summed E-state index contributed by atoms with van der Waals surface area (Å²) in [5, 5.41) is 60.3. The molecular formula is C58H96N8O17. The van der Waals surface area contributed by atoms with Crippen LogP contribution in [-0.2, 0) is 64.0 Å². The number of Topliss-reactive ketones (excluding diaryl/α,β-unsaturated/α-hetero) is 4. The number of aliphatic hydroxyl groups is 2. The van der Waals surface area contributed by atoms with E-state index in [0.29, 0.717) is 25.7 Å². The number of carboxylic acid groups (broad SMARTS) is 3. The van der Waals surface area contributed by atoms with Crippen LogP contribution in [0.1, 0.15) is 206 Å². The average molecular weight is 1180 g/mol. The Labute approximate surface area is 487 Å². The number of primary amides is 1. The second kappa shape index (κ2) is 43.2. The number of aromatic amines is 1. The number of amides is 5. The number of ketones is 4. The number of aromatic nitrogens is 2. The van der Waals surface area contributed by atoms with Crippen LogP contribution in [0, 0.1) is 17.3 Å². The first-order valence-corrected chi connectivity index (χ1v) is 29.6. The van der Waals surface area contributed by atoms with Gasteiger partial charge in [0.05, 0.1) is 38.0 Å². The summed E-state index contributed by atoms with van der Waals surface area (Å²) >= 11 is 0. The zero-order valence-corrected chi connectivity index (χ0v) is 49.1. The highest BCUT2D eigenvalue weighted by Crippen LogP contribution is 2.28. The largest absolute Gasteiger partial charge is 0.481 e. The summed E-state index contributed by atoms with van der Waals surface area (Å²) in [6.07, 6.45) is 16.5. The van der Waals surface area contributed by atoms with Gasteiger partial charge in [-0.1, -0.05) is 97.3 Å². The number of nitrogens with two attached hydrogens (primary N) is 1. The van der Waals surface area contributed by atoms with Crippen molar-refractivity contribution in [3.05, 3.63) is 18.2 Å². The molecule has 0 saturated carbocycles. The van der Waals surface area contributed by atoms with Gasteiger partial charge in [0.2, 0.25) is 29.5 Å². The predicted octanol–water partition coefficient (Wildman–Crippen LogP) is 3.68. The minimum atomic E-state index is -1.56. The van der Waals surface area contributed by atoms with Crippen LogP contribution < -0.4 is 32.3 Å². The van der Waals surface area contributed by atoms with E-state index in [2.05, 4.69) is 36.6 Å². The van der Waals surface area contributed by atoms with Gasteiger partial charge in [0.15, 0.2) is 5.78 Å². The van der Waals surface area contributed by atoms with Gasteiger partial charge in [0.25, 0.3) is 0 Å². The van der Waals surface area contributed by atoms with Crippen molar-refractivity contribution in [1.29, 1.82) is 0 Å². The fraction of sp³-hybridized carbons (Fsp3) is 0.741. The van der Waals surface area contributed by atoms with Crippen molar-refractivity contribution >= 4 is 70.6 Å². The van der Waals surface area contributed by atoms with E-state index in [4.69, 9.17) is 10.8 Å². The quantitative estimate of drug-likeness (QED) is 0.0414. The first-order valence-electron chi connectivity index (χ1n) is 29.6. The monoisotopic (exact) mass is 1180 g/mol. The summed E-state index contributed by atoms with van der Waals surface area (Å²) in [6.45, 7) is 3.15. The number of aliphatic hydroxyl groups excluding tert-OH is 2. The minimum absolute atomic E-state index is 0.00556. The maximum absolute atomic E-state index is 13.3. The third-order valence-electron chi connectivity index (χ3n) is 14.5. The van der Waals surface area contributed by atoms with Crippen LogP contribution in [0.15, 0.2) is 12.5 Å². The van der Waals surface area contributed by atoms with Gasteiger partial charge in [-0.3, -0.25) is 52.7 Å². The molecule has 25 heteroatoms. The van der Waals surface area contributed by atoms with Crippen molar-refractivity contribution in [2.75, 3.05) is 26.2 Å². The van der Waals surface area contributed by atoms with Crippen molar-refractivity contribution in [1.82, 2.24) is 36.6 Å². The lowest BCUT2D eigenvalue weighted by Crippen LogP contribution is -2.52. The van der Waals surface area contributed by atoms with Gasteiger partial charge in [-0.2, -0.15) is 0 Å². The number of rotatable bonds is 53. The molecule has 0 spiro atoms. The number of carbonyl (C=O) groups is 12. The molecule has 1 aromatic heterocycles. The van der Waals surface area contributed by atoms with E-state index < -0.39 is 121 Å². The number of hydrogen-bond donors (Lipinski definition) is 12. The van der Waals surface area contributed by atoms with E-state index in [0.717, 1.165) is 63.5 Å². The minimum Gasteiger partial charge on any atom is -0.481 e. The Hall–Kier alpha value is -6.47. The number of carboxylic acids is 3. The molecule has 13 N–H and O–H groups in total. The first kappa shape index (κ1) is 74.5. The van der Waals surface area contributed by atoms with Crippen molar-refractivity contribution in [2.45, 2.75) is 231 Å². The molecular weight excluding hydrogens is 1080 g/mol. The standard InChI is InChI=1S/C58H96N8O17/c1-39(68)53(54(59)78)66-55(79)40(23-28-48(72)58(2,3)33-44(70)26-25-42-34-61-38-63-42)20-18-19-31-62-51(75)36-60-35-47(71)46(37-67)65-50(74)30-27-45(57(82)83)64-49(73)29-24-41(56(80)81)32-43(69)21-16-14-12-10-8-6-4-5-7-9-11-13-15-17-22-52(76)77/h34,38-41,45-46,53,60,67-68H,4-33,35-37H2,1-3H3,(H2,59,78)(H,61,63)(H,62,75)(H,64,73)(H,65,74)(H,66,79)(H,76,77)(H,80,81)(H,82,83)/t39?,40-,41-,45+,46+,53+/m1/s1. The Kier molecular flexibility index (Phi) is 38.8. The molecule has 0 aliphatic heterocycles. The van der Waals surface area contributed by atoms with Crippen LogP contribution in [0.3, 0.4) is 0 Å². The molecule has 0 radical (unpaired) electrons. The summed E-state index contributed by atoms with van der Waals surface area (Å²) in [6, 6.07) is -4.35. The zero-order valence-electron chi connectivity index (χ0n) is 49.1. The highest BCUT2D eigenvalue weighted by molar-refractivity contribution is 5.93. The third-order valence-corrected chi connectivity index (χ3v) is 14.5. The maximum Gasteiger partial charge on any atom is 0.326 e. The van der Waals surface area contributed by atoms with Crippen molar-refractivity contribution in [2.24, 2.45) is 23.0 Å². The molecule has 0 aromatic carbocycles. The normalized spacial score (nSPS) is 13.6. The topological polar surface area (TPSA) is 421 Å². The van der Waals surface area contributed by atoms with E-state index in [1.54, 1.807) is 20.0 Å². The molecule has 1 heterocycles. The fourth-order valence-electron chi connectivity index (χ4n) is 9.36. The Morgan fingerprint density at radius 1 is 0.602 bits per heavy atom. The summed E-state index contributed by atoms with van der Waals surface area (Å²) in [4.78, 5) is 156. The van der Waals surface area contributed by atoms with Gasteiger partial charge in [0, 0.05) is 81.1 Å². The lowest BCUT2D eigenvalue weighted by atomic mass is 9.79. The van der Waals surface area contributed by atoms with E-state index in [-0.39, 0.29) is 94.6 Å². The molecule has 0 bridgehead atoms. The second-order valence-electron chi connectivity index (χ2n) is 22.3. The highest BCUT2D eigenvalue weighted by Gasteiger charge is 2.33. The van der Waals surface area contributed by atoms with E-state index in [1.807, 2.05) is 0 Å². The van der Waals surface area contributed by atoms with Crippen molar-refractivity contribution in [3.63, 3.8) is 0 Å². The number of nitrogens with zero attached hydrogens (tertiary/aromatic N) is 1.